The predicted molar refractivity (Wildman–Crippen MR) is 119 cm³/mol. The van der Waals surface area contributed by atoms with E-state index < -0.39 is 0 Å². The Kier molecular flexibility index (Phi) is 5.54. The van der Waals surface area contributed by atoms with Gasteiger partial charge in [0.25, 0.3) is 5.56 Å². The average molecular weight is 410 g/mol. The van der Waals surface area contributed by atoms with Crippen molar-refractivity contribution in [1.82, 2.24) is 9.55 Å². The van der Waals surface area contributed by atoms with Crippen molar-refractivity contribution in [3.8, 4) is 0 Å². The number of benzene rings is 1. The van der Waals surface area contributed by atoms with Gasteiger partial charge in [0.15, 0.2) is 0 Å². The van der Waals surface area contributed by atoms with Crippen LogP contribution in [-0.4, -0.2) is 15.5 Å². The van der Waals surface area contributed by atoms with E-state index in [2.05, 4.69) is 24.1 Å². The lowest BCUT2D eigenvalue weighted by molar-refractivity contribution is -0.116. The standard InChI is InChI=1S/C23H27N3O2S/c1-14(2)16-10-7-8-15(3)21(16)25-19(27)12-26-13-24-22-20(23(26)28)17-9-5-4-6-11-18(17)29-22/h7-8,10,13-14H,4-6,9,11-12H2,1-3H3,(H,25,27). The van der Waals surface area contributed by atoms with Crippen LogP contribution in [0.5, 0.6) is 0 Å². The maximum atomic E-state index is 13.2. The first-order valence-electron chi connectivity index (χ1n) is 10.3. The minimum atomic E-state index is -0.203. The second kappa shape index (κ2) is 8.11. The predicted octanol–water partition coefficient (Wildman–Crippen LogP) is 4.80. The van der Waals surface area contributed by atoms with Gasteiger partial charge in [-0.25, -0.2) is 4.98 Å². The molecule has 0 atom stereocenters. The van der Waals surface area contributed by atoms with Crippen LogP contribution in [0.1, 0.15) is 60.6 Å². The Morgan fingerprint density at radius 3 is 2.83 bits per heavy atom. The molecule has 152 valence electrons. The van der Waals surface area contributed by atoms with E-state index in [0.717, 1.165) is 51.9 Å². The first-order chi connectivity index (χ1) is 14.0. The second-order valence-electron chi connectivity index (χ2n) is 8.16. The third-order valence-electron chi connectivity index (χ3n) is 5.70. The van der Waals surface area contributed by atoms with Gasteiger partial charge in [-0.05, 0) is 55.2 Å². The SMILES string of the molecule is Cc1cccc(C(C)C)c1NC(=O)Cn1cnc2sc3c(c2c1=O)CCCCC3. The van der Waals surface area contributed by atoms with Crippen LogP contribution in [0.25, 0.3) is 10.2 Å². The minimum absolute atomic E-state index is 0.0295. The monoisotopic (exact) mass is 409 g/mol. The number of hydrogen-bond acceptors (Lipinski definition) is 4. The normalized spacial score (nSPS) is 14.1. The molecule has 2 heterocycles. The highest BCUT2D eigenvalue weighted by atomic mass is 32.1. The van der Waals surface area contributed by atoms with Gasteiger partial charge in [0, 0.05) is 10.6 Å². The zero-order valence-corrected chi connectivity index (χ0v) is 18.1. The maximum absolute atomic E-state index is 13.2. The van der Waals surface area contributed by atoms with Crippen molar-refractivity contribution in [3.63, 3.8) is 0 Å². The molecule has 0 saturated heterocycles. The molecule has 0 saturated carbocycles. The fraction of sp³-hybridized carbons (Fsp3) is 0.435. The molecule has 0 radical (unpaired) electrons. The molecular weight excluding hydrogens is 382 g/mol. The molecule has 5 nitrogen and oxygen atoms in total. The van der Waals surface area contributed by atoms with Crippen LogP contribution >= 0.6 is 11.3 Å². The Labute approximate surface area is 174 Å². The van der Waals surface area contributed by atoms with Gasteiger partial charge in [0.1, 0.15) is 11.4 Å². The highest BCUT2D eigenvalue weighted by Crippen LogP contribution is 2.32. The lowest BCUT2D eigenvalue weighted by atomic mass is 9.98. The summed E-state index contributed by atoms with van der Waals surface area (Å²) in [6.07, 6.45) is 6.96. The number of aryl methyl sites for hydroxylation is 3. The van der Waals surface area contributed by atoms with E-state index in [9.17, 15) is 9.59 Å². The molecule has 0 unspecified atom stereocenters. The van der Waals surface area contributed by atoms with Gasteiger partial charge in [-0.3, -0.25) is 14.2 Å². The third-order valence-corrected chi connectivity index (χ3v) is 6.90. The molecule has 3 aromatic rings. The number of nitrogens with one attached hydrogen (secondary N) is 1. The van der Waals surface area contributed by atoms with E-state index in [-0.39, 0.29) is 18.0 Å². The van der Waals surface area contributed by atoms with E-state index in [1.54, 1.807) is 11.3 Å². The average Bonchev–Trinajstić information content (AvgIpc) is 2.87. The summed E-state index contributed by atoms with van der Waals surface area (Å²) in [5, 5.41) is 3.75. The molecule has 0 aliphatic heterocycles. The number of aromatic nitrogens is 2. The quantitative estimate of drug-likeness (QED) is 0.630. The van der Waals surface area contributed by atoms with E-state index in [0.29, 0.717) is 5.92 Å². The van der Waals surface area contributed by atoms with E-state index >= 15 is 0 Å². The van der Waals surface area contributed by atoms with Crippen molar-refractivity contribution in [2.45, 2.75) is 65.3 Å². The molecule has 1 aromatic carbocycles. The van der Waals surface area contributed by atoms with Crippen LogP contribution in [0.4, 0.5) is 5.69 Å². The molecule has 29 heavy (non-hydrogen) atoms. The molecular formula is C23H27N3O2S. The first-order valence-corrected chi connectivity index (χ1v) is 11.2. The fourth-order valence-corrected chi connectivity index (χ4v) is 5.37. The number of fused-ring (bicyclic) bond motifs is 3. The van der Waals surface area contributed by atoms with Gasteiger partial charge in [-0.15, -0.1) is 11.3 Å². The molecule has 1 aliphatic carbocycles. The van der Waals surface area contributed by atoms with Crippen molar-refractivity contribution in [3.05, 3.63) is 56.4 Å². The number of thiophene rings is 1. The highest BCUT2D eigenvalue weighted by Gasteiger charge is 2.20. The molecule has 1 N–H and O–H groups in total. The highest BCUT2D eigenvalue weighted by molar-refractivity contribution is 7.18. The lowest BCUT2D eigenvalue weighted by Gasteiger charge is -2.16. The van der Waals surface area contributed by atoms with Crippen molar-refractivity contribution in [1.29, 1.82) is 0 Å². The second-order valence-corrected chi connectivity index (χ2v) is 9.25. The van der Waals surface area contributed by atoms with Crippen LogP contribution < -0.4 is 10.9 Å². The van der Waals surface area contributed by atoms with Crippen LogP contribution in [0, 0.1) is 6.92 Å². The molecule has 1 amide bonds. The Morgan fingerprint density at radius 1 is 1.24 bits per heavy atom. The zero-order valence-electron chi connectivity index (χ0n) is 17.2. The summed E-state index contributed by atoms with van der Waals surface area (Å²) in [4.78, 5) is 32.5. The molecule has 4 rings (SSSR count). The summed E-state index contributed by atoms with van der Waals surface area (Å²) in [6.45, 7) is 6.17. The summed E-state index contributed by atoms with van der Waals surface area (Å²) >= 11 is 1.64. The van der Waals surface area contributed by atoms with Gasteiger partial charge >= 0.3 is 0 Å². The van der Waals surface area contributed by atoms with Gasteiger partial charge < -0.3 is 5.32 Å². The van der Waals surface area contributed by atoms with Crippen LogP contribution in [0.15, 0.2) is 29.3 Å². The molecule has 0 bridgehead atoms. The smallest absolute Gasteiger partial charge is 0.262 e. The maximum Gasteiger partial charge on any atom is 0.262 e. The number of carbonyl (C=O) groups is 1. The summed E-state index contributed by atoms with van der Waals surface area (Å²) in [6, 6.07) is 6.03. The number of para-hydroxylation sites is 1. The van der Waals surface area contributed by atoms with Crippen molar-refractivity contribution in [2.75, 3.05) is 5.32 Å². The van der Waals surface area contributed by atoms with Crippen molar-refractivity contribution in [2.24, 2.45) is 0 Å². The van der Waals surface area contributed by atoms with Crippen LogP contribution in [-0.2, 0) is 24.2 Å². The summed E-state index contributed by atoms with van der Waals surface area (Å²) in [7, 11) is 0. The topological polar surface area (TPSA) is 64.0 Å². The lowest BCUT2D eigenvalue weighted by Crippen LogP contribution is -2.28. The van der Waals surface area contributed by atoms with Gasteiger partial charge in [-0.2, -0.15) is 0 Å². The van der Waals surface area contributed by atoms with Gasteiger partial charge in [-0.1, -0.05) is 38.5 Å². The number of carbonyl (C=O) groups excluding carboxylic acids is 1. The van der Waals surface area contributed by atoms with E-state index in [4.69, 9.17) is 0 Å². The van der Waals surface area contributed by atoms with E-state index in [1.165, 1.54) is 28.6 Å². The Hall–Kier alpha value is -2.47. The molecule has 6 heteroatoms. The van der Waals surface area contributed by atoms with Gasteiger partial charge in [0.05, 0.1) is 11.7 Å². The Bertz CT molecular complexity index is 1130. The molecule has 2 aromatic heterocycles. The summed E-state index contributed by atoms with van der Waals surface area (Å²) < 4.78 is 1.45. The van der Waals surface area contributed by atoms with Crippen LogP contribution in [0.3, 0.4) is 0 Å². The minimum Gasteiger partial charge on any atom is -0.324 e. The summed E-state index contributed by atoms with van der Waals surface area (Å²) in [5.74, 6) is 0.0953. The number of rotatable bonds is 4. The van der Waals surface area contributed by atoms with Gasteiger partial charge in [0.2, 0.25) is 5.91 Å². The number of hydrogen-bond donors (Lipinski definition) is 1. The first kappa shape index (κ1) is 19.8. The number of amides is 1. The van der Waals surface area contributed by atoms with Crippen molar-refractivity contribution < 1.29 is 4.79 Å². The fourth-order valence-electron chi connectivity index (χ4n) is 4.15. The molecule has 0 fully saturated rings. The molecule has 1 aliphatic rings. The zero-order chi connectivity index (χ0) is 20.5. The van der Waals surface area contributed by atoms with Crippen LogP contribution in [0.2, 0.25) is 0 Å². The number of nitrogens with zero attached hydrogens (tertiary/aromatic N) is 2. The largest absolute Gasteiger partial charge is 0.324 e. The van der Waals surface area contributed by atoms with E-state index in [1.807, 2.05) is 25.1 Å². The molecule has 0 spiro atoms. The third kappa shape index (κ3) is 3.86. The Morgan fingerprint density at radius 2 is 2.03 bits per heavy atom. The Balaban J connectivity index is 1.64. The van der Waals surface area contributed by atoms with Crippen molar-refractivity contribution >= 4 is 33.1 Å². The number of anilines is 1. The summed E-state index contributed by atoms with van der Waals surface area (Å²) in [5.41, 5.74) is 4.03.